The number of rotatable bonds is 2. The Labute approximate surface area is 79.5 Å². The molecule has 0 saturated carbocycles. The molecule has 0 aliphatic carbocycles. The predicted molar refractivity (Wildman–Crippen MR) is 48.6 cm³/mol. The molecule has 0 bridgehead atoms. The largest absolute Gasteiger partial charge is 0.330 e. The highest BCUT2D eigenvalue weighted by atomic mass is 35.5. The van der Waals surface area contributed by atoms with E-state index in [1.54, 1.807) is 16.6 Å². The van der Waals surface area contributed by atoms with E-state index < -0.39 is 0 Å². The topological polar surface area (TPSA) is 69.1 Å². The van der Waals surface area contributed by atoms with Crippen LogP contribution in [0.15, 0.2) is 12.1 Å². The molecular weight excluding hydrogens is 190 g/mol. The number of nitrogens with zero attached hydrogens (tertiary/aromatic N) is 4. The lowest BCUT2D eigenvalue weighted by Crippen LogP contribution is -2.07. The van der Waals surface area contributed by atoms with Crippen molar-refractivity contribution in [2.24, 2.45) is 5.73 Å². The minimum absolute atomic E-state index is 0.422. The lowest BCUT2D eigenvalue weighted by molar-refractivity contribution is 0.790. The van der Waals surface area contributed by atoms with E-state index in [4.69, 9.17) is 17.3 Å². The van der Waals surface area contributed by atoms with E-state index in [0.29, 0.717) is 23.8 Å². The van der Waals surface area contributed by atoms with Crippen LogP contribution in [0.1, 0.15) is 5.82 Å². The van der Waals surface area contributed by atoms with Gasteiger partial charge in [-0.1, -0.05) is 11.6 Å². The van der Waals surface area contributed by atoms with Crippen molar-refractivity contribution in [2.45, 2.75) is 6.42 Å². The molecule has 2 aromatic rings. The van der Waals surface area contributed by atoms with Gasteiger partial charge in [0, 0.05) is 6.42 Å². The summed E-state index contributed by atoms with van der Waals surface area (Å²) in [7, 11) is 0. The van der Waals surface area contributed by atoms with E-state index in [9.17, 15) is 0 Å². The van der Waals surface area contributed by atoms with Crippen LogP contribution in [-0.2, 0) is 6.42 Å². The molecule has 68 valence electrons. The molecule has 6 heteroatoms. The number of halogens is 1. The van der Waals surface area contributed by atoms with E-state index in [0.717, 1.165) is 5.82 Å². The smallest absolute Gasteiger partial charge is 0.178 e. The molecule has 0 saturated heterocycles. The third-order valence-corrected chi connectivity index (χ3v) is 1.86. The van der Waals surface area contributed by atoms with Crippen molar-refractivity contribution in [1.29, 1.82) is 0 Å². The Morgan fingerprint density at radius 2 is 2.23 bits per heavy atom. The molecule has 0 aliphatic rings. The van der Waals surface area contributed by atoms with Gasteiger partial charge in [0.25, 0.3) is 0 Å². The average Bonchev–Trinajstić information content (AvgIpc) is 2.49. The molecule has 0 amide bonds. The zero-order valence-corrected chi connectivity index (χ0v) is 7.57. The maximum Gasteiger partial charge on any atom is 0.178 e. The minimum atomic E-state index is 0.422. The molecule has 0 fully saturated rings. The zero-order valence-electron chi connectivity index (χ0n) is 6.81. The summed E-state index contributed by atoms with van der Waals surface area (Å²) in [5.74, 6) is 0.736. The Kier molecular flexibility index (Phi) is 2.12. The summed E-state index contributed by atoms with van der Waals surface area (Å²) < 4.78 is 1.61. The van der Waals surface area contributed by atoms with Crippen LogP contribution in [0.2, 0.25) is 5.15 Å². The van der Waals surface area contributed by atoms with Gasteiger partial charge in [-0.2, -0.15) is 9.61 Å². The third kappa shape index (κ3) is 1.48. The van der Waals surface area contributed by atoms with Gasteiger partial charge in [-0.25, -0.2) is 0 Å². The molecule has 13 heavy (non-hydrogen) atoms. The first-order valence-electron chi connectivity index (χ1n) is 3.88. The summed E-state index contributed by atoms with van der Waals surface area (Å²) in [6, 6.07) is 3.44. The van der Waals surface area contributed by atoms with Gasteiger partial charge in [0.2, 0.25) is 0 Å². The van der Waals surface area contributed by atoms with Gasteiger partial charge in [-0.15, -0.1) is 10.2 Å². The fourth-order valence-electron chi connectivity index (χ4n) is 1.10. The molecule has 0 unspecified atom stereocenters. The summed E-state index contributed by atoms with van der Waals surface area (Å²) >= 11 is 5.73. The Bertz CT molecular complexity index is 424. The molecule has 0 aliphatic heterocycles. The second-order valence-corrected chi connectivity index (χ2v) is 2.97. The van der Waals surface area contributed by atoms with Gasteiger partial charge in [-0.05, 0) is 18.7 Å². The van der Waals surface area contributed by atoms with E-state index in [1.165, 1.54) is 0 Å². The van der Waals surface area contributed by atoms with E-state index in [-0.39, 0.29) is 0 Å². The second-order valence-electron chi connectivity index (χ2n) is 2.58. The van der Waals surface area contributed by atoms with Crippen LogP contribution in [0.4, 0.5) is 0 Å². The standard InChI is InChI=1S/C7H8ClN5/c8-5-1-2-6-10-11-7(3-4-9)13(6)12-5/h1-2H,3-4,9H2. The quantitative estimate of drug-likeness (QED) is 0.751. The number of hydrogen-bond acceptors (Lipinski definition) is 4. The summed E-state index contributed by atoms with van der Waals surface area (Å²) in [6.07, 6.45) is 0.647. The van der Waals surface area contributed by atoms with Crippen LogP contribution >= 0.6 is 11.6 Å². The summed E-state index contributed by atoms with van der Waals surface area (Å²) in [6.45, 7) is 0.523. The molecule has 2 aromatic heterocycles. The van der Waals surface area contributed by atoms with Gasteiger partial charge < -0.3 is 5.73 Å². The van der Waals surface area contributed by atoms with Gasteiger partial charge in [0.1, 0.15) is 5.15 Å². The van der Waals surface area contributed by atoms with Crippen LogP contribution in [0.5, 0.6) is 0 Å². The van der Waals surface area contributed by atoms with Crippen molar-refractivity contribution in [2.75, 3.05) is 6.54 Å². The van der Waals surface area contributed by atoms with Crippen molar-refractivity contribution in [3.63, 3.8) is 0 Å². The highest BCUT2D eigenvalue weighted by Crippen LogP contribution is 2.07. The van der Waals surface area contributed by atoms with Crippen LogP contribution in [0.25, 0.3) is 5.65 Å². The monoisotopic (exact) mass is 197 g/mol. The molecule has 5 nitrogen and oxygen atoms in total. The van der Waals surface area contributed by atoms with Gasteiger partial charge in [0.15, 0.2) is 11.5 Å². The lowest BCUT2D eigenvalue weighted by Gasteiger charge is -1.95. The van der Waals surface area contributed by atoms with Crippen molar-refractivity contribution < 1.29 is 0 Å². The Balaban J connectivity index is 2.58. The maximum absolute atomic E-state index is 5.73. The fourth-order valence-corrected chi connectivity index (χ4v) is 1.23. The zero-order chi connectivity index (χ0) is 9.26. The highest BCUT2D eigenvalue weighted by Gasteiger charge is 2.05. The van der Waals surface area contributed by atoms with E-state index in [1.807, 2.05) is 0 Å². The van der Waals surface area contributed by atoms with Crippen LogP contribution in [0, 0.1) is 0 Å². The first-order valence-corrected chi connectivity index (χ1v) is 4.26. The number of hydrogen-bond donors (Lipinski definition) is 1. The predicted octanol–water partition coefficient (Wildman–Crippen LogP) is 0.279. The Morgan fingerprint density at radius 1 is 1.38 bits per heavy atom. The molecule has 0 spiro atoms. The molecule has 2 heterocycles. The van der Waals surface area contributed by atoms with Crippen molar-refractivity contribution in [3.8, 4) is 0 Å². The minimum Gasteiger partial charge on any atom is -0.330 e. The molecule has 0 radical (unpaired) electrons. The highest BCUT2D eigenvalue weighted by molar-refractivity contribution is 6.29. The molecule has 2 rings (SSSR count). The first kappa shape index (κ1) is 8.40. The second kappa shape index (κ2) is 3.27. The third-order valence-electron chi connectivity index (χ3n) is 1.66. The molecule has 2 N–H and O–H groups in total. The van der Waals surface area contributed by atoms with Crippen molar-refractivity contribution in [1.82, 2.24) is 19.8 Å². The average molecular weight is 198 g/mol. The number of aromatic nitrogens is 4. The van der Waals surface area contributed by atoms with Crippen LogP contribution in [-0.4, -0.2) is 26.4 Å². The maximum atomic E-state index is 5.73. The molecule has 0 atom stereocenters. The fraction of sp³-hybridized carbons (Fsp3) is 0.286. The SMILES string of the molecule is NCCc1nnc2ccc(Cl)nn12. The summed E-state index contributed by atoms with van der Waals surface area (Å²) in [5, 5.41) is 12.3. The van der Waals surface area contributed by atoms with Crippen LogP contribution in [0.3, 0.4) is 0 Å². The normalized spacial score (nSPS) is 10.9. The van der Waals surface area contributed by atoms with E-state index >= 15 is 0 Å². The number of fused-ring (bicyclic) bond motifs is 1. The van der Waals surface area contributed by atoms with Crippen molar-refractivity contribution in [3.05, 3.63) is 23.1 Å². The Morgan fingerprint density at radius 3 is 3.00 bits per heavy atom. The van der Waals surface area contributed by atoms with Crippen molar-refractivity contribution >= 4 is 17.2 Å². The van der Waals surface area contributed by atoms with Gasteiger partial charge >= 0.3 is 0 Å². The lowest BCUT2D eigenvalue weighted by atomic mass is 10.4. The molecular formula is C7H8ClN5. The van der Waals surface area contributed by atoms with Gasteiger partial charge in [0.05, 0.1) is 0 Å². The molecule has 0 aromatic carbocycles. The van der Waals surface area contributed by atoms with E-state index in [2.05, 4.69) is 15.3 Å². The Hall–Kier alpha value is -1.20. The summed E-state index contributed by atoms with van der Waals surface area (Å²) in [4.78, 5) is 0. The van der Waals surface area contributed by atoms with Crippen LogP contribution < -0.4 is 5.73 Å². The van der Waals surface area contributed by atoms with Gasteiger partial charge in [-0.3, -0.25) is 0 Å². The summed E-state index contributed by atoms with van der Waals surface area (Å²) in [5.41, 5.74) is 6.09. The number of nitrogens with two attached hydrogens (primary N) is 1. The first-order chi connectivity index (χ1) is 6.31.